The Labute approximate surface area is 144 Å². The van der Waals surface area contributed by atoms with E-state index >= 15 is 0 Å². The quantitative estimate of drug-likeness (QED) is 0.853. The predicted octanol–water partition coefficient (Wildman–Crippen LogP) is 3.39. The fourth-order valence-electron chi connectivity index (χ4n) is 4.04. The molecule has 130 valence electrons. The van der Waals surface area contributed by atoms with E-state index in [4.69, 9.17) is 0 Å². The topological polar surface area (TPSA) is 40.6 Å². The molecule has 1 aromatic rings. The third-order valence-electron chi connectivity index (χ3n) is 5.35. The molecule has 0 spiro atoms. The SMILES string of the molecule is CC(C)C1CCCCN1C(=O)CN1C(=O)CCCc2ccccc21. The second kappa shape index (κ2) is 7.37. The molecule has 1 saturated heterocycles. The molecule has 2 aliphatic heterocycles. The van der Waals surface area contributed by atoms with E-state index in [0.717, 1.165) is 37.9 Å². The van der Waals surface area contributed by atoms with Gasteiger partial charge in [0.2, 0.25) is 11.8 Å². The Morgan fingerprint density at radius 1 is 1.17 bits per heavy atom. The summed E-state index contributed by atoms with van der Waals surface area (Å²) in [5.41, 5.74) is 2.10. The number of hydrogen-bond donors (Lipinski definition) is 0. The van der Waals surface area contributed by atoms with Gasteiger partial charge in [-0.25, -0.2) is 0 Å². The first-order valence-electron chi connectivity index (χ1n) is 9.25. The standard InChI is InChI=1S/C20H28N2O2/c1-15(2)17-10-5-6-13-21(17)20(24)14-22-18-11-4-3-8-16(18)9-7-12-19(22)23/h3-4,8,11,15,17H,5-7,9-10,12-14H2,1-2H3. The molecule has 2 amide bonds. The average Bonchev–Trinajstić information content (AvgIpc) is 2.74. The second-order valence-electron chi connectivity index (χ2n) is 7.36. The van der Waals surface area contributed by atoms with Crippen molar-refractivity contribution < 1.29 is 9.59 Å². The number of aryl methyl sites for hydroxylation is 1. The summed E-state index contributed by atoms with van der Waals surface area (Å²) in [6.07, 6.45) is 5.63. The number of hydrogen-bond acceptors (Lipinski definition) is 2. The van der Waals surface area contributed by atoms with Gasteiger partial charge in [-0.05, 0) is 49.7 Å². The molecule has 1 aromatic carbocycles. The second-order valence-corrected chi connectivity index (χ2v) is 7.36. The van der Waals surface area contributed by atoms with Gasteiger partial charge in [-0.2, -0.15) is 0 Å². The van der Waals surface area contributed by atoms with Crippen molar-refractivity contribution in [2.45, 2.75) is 58.4 Å². The van der Waals surface area contributed by atoms with E-state index < -0.39 is 0 Å². The maximum absolute atomic E-state index is 13.0. The van der Waals surface area contributed by atoms with Crippen molar-refractivity contribution in [3.63, 3.8) is 0 Å². The number of likely N-dealkylation sites (tertiary alicyclic amines) is 1. The molecule has 2 heterocycles. The highest BCUT2D eigenvalue weighted by atomic mass is 16.2. The van der Waals surface area contributed by atoms with E-state index in [0.29, 0.717) is 18.4 Å². The van der Waals surface area contributed by atoms with Gasteiger partial charge in [-0.1, -0.05) is 32.0 Å². The van der Waals surface area contributed by atoms with Crippen molar-refractivity contribution in [1.82, 2.24) is 4.90 Å². The van der Waals surface area contributed by atoms with Crippen molar-refractivity contribution >= 4 is 17.5 Å². The van der Waals surface area contributed by atoms with E-state index in [-0.39, 0.29) is 18.4 Å². The summed E-state index contributed by atoms with van der Waals surface area (Å²) in [4.78, 5) is 29.3. The molecule has 3 rings (SSSR count). The first-order chi connectivity index (χ1) is 11.6. The minimum Gasteiger partial charge on any atom is -0.338 e. The highest BCUT2D eigenvalue weighted by Gasteiger charge is 2.31. The summed E-state index contributed by atoms with van der Waals surface area (Å²) in [5.74, 6) is 0.631. The lowest BCUT2D eigenvalue weighted by atomic mass is 9.92. The lowest BCUT2D eigenvalue weighted by molar-refractivity contribution is -0.135. The van der Waals surface area contributed by atoms with Gasteiger partial charge in [0, 0.05) is 24.7 Å². The molecule has 4 heteroatoms. The van der Waals surface area contributed by atoms with Crippen LogP contribution < -0.4 is 4.90 Å². The summed E-state index contributed by atoms with van der Waals surface area (Å²) in [5, 5.41) is 0. The Morgan fingerprint density at radius 2 is 1.96 bits per heavy atom. The van der Waals surface area contributed by atoms with Crippen molar-refractivity contribution in [1.29, 1.82) is 0 Å². The van der Waals surface area contributed by atoms with Crippen LogP contribution in [0.15, 0.2) is 24.3 Å². The van der Waals surface area contributed by atoms with Gasteiger partial charge in [0.15, 0.2) is 0 Å². The fraction of sp³-hybridized carbons (Fsp3) is 0.600. The fourth-order valence-corrected chi connectivity index (χ4v) is 4.04. The van der Waals surface area contributed by atoms with Crippen molar-refractivity contribution in [2.75, 3.05) is 18.0 Å². The van der Waals surface area contributed by atoms with E-state index in [2.05, 4.69) is 19.9 Å². The number of carbonyl (C=O) groups excluding carboxylic acids is 2. The zero-order valence-electron chi connectivity index (χ0n) is 14.8. The van der Waals surface area contributed by atoms with E-state index in [9.17, 15) is 9.59 Å². The van der Waals surface area contributed by atoms with Crippen LogP contribution in [0.5, 0.6) is 0 Å². The molecule has 1 fully saturated rings. The summed E-state index contributed by atoms with van der Waals surface area (Å²) >= 11 is 0. The maximum Gasteiger partial charge on any atom is 0.242 e. The van der Waals surface area contributed by atoms with Crippen LogP contribution in [-0.4, -0.2) is 35.8 Å². The molecule has 2 aliphatic rings. The van der Waals surface area contributed by atoms with E-state index in [1.54, 1.807) is 4.90 Å². The van der Waals surface area contributed by atoms with Crippen LogP contribution in [0.3, 0.4) is 0 Å². The van der Waals surface area contributed by atoms with Gasteiger partial charge in [-0.3, -0.25) is 9.59 Å². The van der Waals surface area contributed by atoms with Gasteiger partial charge in [0.05, 0.1) is 0 Å². The third-order valence-corrected chi connectivity index (χ3v) is 5.35. The first kappa shape index (κ1) is 17.0. The minimum absolute atomic E-state index is 0.0754. The van der Waals surface area contributed by atoms with Crippen LogP contribution in [0.4, 0.5) is 5.69 Å². The van der Waals surface area contributed by atoms with Crippen LogP contribution in [0.2, 0.25) is 0 Å². The molecule has 0 radical (unpaired) electrons. The smallest absolute Gasteiger partial charge is 0.242 e. The van der Waals surface area contributed by atoms with E-state index in [1.165, 1.54) is 12.0 Å². The molecule has 1 atom stereocenters. The summed E-state index contributed by atoms with van der Waals surface area (Å²) in [7, 11) is 0. The molecule has 0 N–H and O–H groups in total. The largest absolute Gasteiger partial charge is 0.338 e. The molecular formula is C20H28N2O2. The van der Waals surface area contributed by atoms with Crippen LogP contribution in [0.25, 0.3) is 0 Å². The number of rotatable bonds is 3. The Balaban J connectivity index is 1.81. The summed E-state index contributed by atoms with van der Waals surface area (Å²) in [6.45, 7) is 5.37. The molecule has 0 aliphatic carbocycles. The Hall–Kier alpha value is -1.84. The molecule has 0 saturated carbocycles. The molecule has 24 heavy (non-hydrogen) atoms. The lowest BCUT2D eigenvalue weighted by Gasteiger charge is -2.39. The first-order valence-corrected chi connectivity index (χ1v) is 9.25. The number of fused-ring (bicyclic) bond motifs is 1. The number of para-hydroxylation sites is 1. The molecule has 0 bridgehead atoms. The van der Waals surface area contributed by atoms with Gasteiger partial charge in [0.25, 0.3) is 0 Å². The van der Waals surface area contributed by atoms with Gasteiger partial charge in [-0.15, -0.1) is 0 Å². The molecule has 0 aromatic heterocycles. The zero-order chi connectivity index (χ0) is 17.1. The van der Waals surface area contributed by atoms with Gasteiger partial charge in [0.1, 0.15) is 6.54 Å². The van der Waals surface area contributed by atoms with Gasteiger partial charge >= 0.3 is 0 Å². The number of amides is 2. The number of nitrogens with zero attached hydrogens (tertiary/aromatic N) is 2. The molecule has 4 nitrogen and oxygen atoms in total. The predicted molar refractivity (Wildman–Crippen MR) is 95.9 cm³/mol. The highest BCUT2D eigenvalue weighted by molar-refractivity contribution is 5.99. The van der Waals surface area contributed by atoms with Crippen molar-refractivity contribution in [3.8, 4) is 0 Å². The molecular weight excluding hydrogens is 300 g/mol. The van der Waals surface area contributed by atoms with Gasteiger partial charge < -0.3 is 9.80 Å². The Bertz CT molecular complexity index is 611. The van der Waals surface area contributed by atoms with Crippen LogP contribution in [0, 0.1) is 5.92 Å². The van der Waals surface area contributed by atoms with Crippen LogP contribution in [-0.2, 0) is 16.0 Å². The number of anilines is 1. The minimum atomic E-state index is 0.0754. The third kappa shape index (κ3) is 3.47. The lowest BCUT2D eigenvalue weighted by Crippen LogP contribution is -2.51. The average molecular weight is 328 g/mol. The maximum atomic E-state index is 13.0. The number of carbonyl (C=O) groups is 2. The zero-order valence-corrected chi connectivity index (χ0v) is 14.8. The van der Waals surface area contributed by atoms with Crippen LogP contribution >= 0.6 is 0 Å². The molecule has 1 unspecified atom stereocenters. The Morgan fingerprint density at radius 3 is 2.75 bits per heavy atom. The number of piperidine rings is 1. The van der Waals surface area contributed by atoms with Crippen LogP contribution in [0.1, 0.15) is 51.5 Å². The monoisotopic (exact) mass is 328 g/mol. The van der Waals surface area contributed by atoms with Crippen molar-refractivity contribution in [2.24, 2.45) is 5.92 Å². The number of benzene rings is 1. The summed E-state index contributed by atoms with van der Waals surface area (Å²) in [6, 6.07) is 8.31. The normalized spacial score (nSPS) is 21.6. The Kier molecular flexibility index (Phi) is 5.22. The summed E-state index contributed by atoms with van der Waals surface area (Å²) < 4.78 is 0. The van der Waals surface area contributed by atoms with Crippen molar-refractivity contribution in [3.05, 3.63) is 29.8 Å². The van der Waals surface area contributed by atoms with E-state index in [1.807, 2.05) is 23.1 Å². The highest BCUT2D eigenvalue weighted by Crippen LogP contribution is 2.28.